The van der Waals surface area contributed by atoms with E-state index in [2.05, 4.69) is 159 Å². The fourth-order valence-electron chi connectivity index (χ4n) is 9.43. The summed E-state index contributed by atoms with van der Waals surface area (Å²) in [7, 11) is 17.5. The first-order valence-electron chi connectivity index (χ1n) is 17.5. The minimum absolute atomic E-state index is 0.0657. The van der Waals surface area contributed by atoms with Crippen LogP contribution in [-0.4, -0.2) is 5.92 Å². The van der Waals surface area contributed by atoms with Gasteiger partial charge in [-0.2, -0.15) is 0 Å². The quantitative estimate of drug-likeness (QED) is 0.151. The molecule has 2 atom stereocenters. The van der Waals surface area contributed by atoms with Gasteiger partial charge in [-0.3, -0.25) is 0 Å². The predicted octanol–water partition coefficient (Wildman–Crippen LogP) is 13.6. The summed E-state index contributed by atoms with van der Waals surface area (Å²) < 4.78 is 0.137. The van der Waals surface area contributed by atoms with Crippen molar-refractivity contribution in [1.29, 1.82) is 0 Å². The van der Waals surface area contributed by atoms with Gasteiger partial charge in [0.1, 0.15) is 0 Å². The number of aryl methyl sites for hydroxylation is 4. The molecule has 0 spiro atoms. The van der Waals surface area contributed by atoms with Crippen molar-refractivity contribution in [3.8, 4) is 22.3 Å². The van der Waals surface area contributed by atoms with E-state index in [0.717, 1.165) is 0 Å². The van der Waals surface area contributed by atoms with Crippen molar-refractivity contribution in [2.24, 2.45) is 5.92 Å². The molecule has 0 N–H and O–H groups in total. The van der Waals surface area contributed by atoms with E-state index in [0.29, 0.717) is 5.92 Å². The van der Waals surface area contributed by atoms with Crippen LogP contribution >= 0.6 is 17.0 Å². The standard InChI is InChI=1S/C21H17.C21H23.C2H7Si.2ClH.Zr/c1-14-12-20-15(2)10-11-19(21(20)13-14)18-9-5-7-16-6-3-4-8-17(16)18;1-13(2)18-11-17-7-6-8-19(20(17)12-18)21-15(4)9-14(3)10-16(21)5;1-3-2;;;/h3-13H,1-2H3;6-13H,1-5H3;3H,1-2H3;2*1H;/q;;;;;+2/p-2. The second-order valence-corrected chi connectivity index (χ2v) is 57.8. The average molecular weight is 766 g/mol. The zero-order chi connectivity index (χ0) is 34.3. The summed E-state index contributed by atoms with van der Waals surface area (Å²) in [5, 5.41) is 2.54. The van der Waals surface area contributed by atoms with Crippen LogP contribution < -0.4 is 0 Å². The van der Waals surface area contributed by atoms with Crippen molar-refractivity contribution in [1.82, 2.24) is 0 Å². The normalized spacial score (nSPS) is 18.1. The summed E-state index contributed by atoms with van der Waals surface area (Å²) in [5.74, 6) is -1.33. The molecule has 2 unspecified atom stereocenters. The van der Waals surface area contributed by atoms with Gasteiger partial charge in [-0.25, -0.2) is 0 Å². The number of hydrogen-bond donors (Lipinski definition) is 0. The van der Waals surface area contributed by atoms with Crippen molar-refractivity contribution in [3.05, 3.63) is 141 Å². The number of allylic oxidation sites excluding steroid dienone is 2. The molecule has 48 heavy (non-hydrogen) atoms. The number of benzene rings is 5. The van der Waals surface area contributed by atoms with Crippen molar-refractivity contribution < 1.29 is 15.6 Å². The summed E-state index contributed by atoms with van der Waals surface area (Å²) in [6, 6.07) is 31.6. The molecule has 4 heteroatoms. The Bertz CT molecular complexity index is 2170. The summed E-state index contributed by atoms with van der Waals surface area (Å²) in [4.78, 5) is 0. The Kier molecular flexibility index (Phi) is 8.56. The summed E-state index contributed by atoms with van der Waals surface area (Å²) in [6.45, 7) is 20.9. The second kappa shape index (κ2) is 12.1. The van der Waals surface area contributed by atoms with Crippen LogP contribution in [0.2, 0.25) is 13.1 Å². The van der Waals surface area contributed by atoms with E-state index in [4.69, 9.17) is 17.0 Å². The van der Waals surface area contributed by atoms with Crippen molar-refractivity contribution >= 4 is 45.9 Å². The van der Waals surface area contributed by atoms with Crippen LogP contribution in [0.4, 0.5) is 0 Å². The first-order valence-corrected chi connectivity index (χ1v) is 33.8. The molecule has 2 aliphatic rings. The van der Waals surface area contributed by atoms with E-state index < -0.39 is 21.5 Å². The van der Waals surface area contributed by atoms with Crippen LogP contribution in [-0.2, 0) is 15.6 Å². The van der Waals surface area contributed by atoms with Crippen LogP contribution in [0.15, 0.2) is 96.1 Å². The van der Waals surface area contributed by atoms with Crippen molar-refractivity contribution in [3.63, 3.8) is 0 Å². The van der Waals surface area contributed by atoms with Gasteiger partial charge in [0, 0.05) is 0 Å². The Hall–Kier alpha value is -2.48. The van der Waals surface area contributed by atoms with Gasteiger partial charge < -0.3 is 0 Å². The van der Waals surface area contributed by atoms with E-state index in [-0.39, 0.29) is 7.25 Å². The average Bonchev–Trinajstić information content (AvgIpc) is 3.61. The molecule has 5 aromatic carbocycles. The molecular formula is C44H47Cl2SiZr. The van der Waals surface area contributed by atoms with Gasteiger partial charge >= 0.3 is 299 Å². The van der Waals surface area contributed by atoms with Crippen LogP contribution in [0.25, 0.3) is 45.2 Å². The third-order valence-electron chi connectivity index (χ3n) is 11.6. The molecule has 0 amide bonds. The molecule has 0 heterocycles. The first-order chi connectivity index (χ1) is 22.7. The van der Waals surface area contributed by atoms with Gasteiger partial charge in [0.05, 0.1) is 0 Å². The fourth-order valence-corrected chi connectivity index (χ4v) is 41.7. The molecule has 245 valence electrons. The van der Waals surface area contributed by atoms with Crippen molar-refractivity contribution in [2.45, 2.75) is 68.8 Å². The van der Waals surface area contributed by atoms with Gasteiger partial charge in [0.15, 0.2) is 0 Å². The number of rotatable bonds is 6. The molecule has 0 aromatic heterocycles. The number of halogens is 2. The Balaban J connectivity index is 1.48. The molecule has 7 rings (SSSR count). The topological polar surface area (TPSA) is 0 Å². The molecule has 0 saturated heterocycles. The molecule has 0 fully saturated rings. The van der Waals surface area contributed by atoms with E-state index in [9.17, 15) is 0 Å². The predicted molar refractivity (Wildman–Crippen MR) is 213 cm³/mol. The zero-order valence-electron chi connectivity index (χ0n) is 29.8. The Morgan fingerprint density at radius 3 is 1.98 bits per heavy atom. The molecule has 5 aromatic rings. The monoisotopic (exact) mass is 763 g/mol. The summed E-state index contributed by atoms with van der Waals surface area (Å²) in [6.07, 6.45) is 4.95. The van der Waals surface area contributed by atoms with Crippen LogP contribution in [0, 0.1) is 33.6 Å². The number of hydrogen-bond acceptors (Lipinski definition) is 0. The minimum atomic E-state index is -4.89. The number of fused-ring (bicyclic) bond motifs is 3. The molecular weight excluding hydrogens is 719 g/mol. The molecule has 0 saturated carbocycles. The Morgan fingerprint density at radius 1 is 0.646 bits per heavy atom. The Morgan fingerprint density at radius 2 is 1.29 bits per heavy atom. The van der Waals surface area contributed by atoms with Gasteiger partial charge in [-0.1, -0.05) is 0 Å². The van der Waals surface area contributed by atoms with Crippen LogP contribution in [0.3, 0.4) is 0 Å². The maximum atomic E-state index is 8.73. The van der Waals surface area contributed by atoms with Crippen LogP contribution in [0.1, 0.15) is 72.5 Å². The first kappa shape index (κ1) is 34.0. The molecule has 0 bridgehead atoms. The van der Waals surface area contributed by atoms with E-state index in [1.165, 1.54) is 88.7 Å². The zero-order valence-corrected chi connectivity index (χ0v) is 34.9. The van der Waals surface area contributed by atoms with Crippen LogP contribution in [0.5, 0.6) is 0 Å². The summed E-state index contributed by atoms with van der Waals surface area (Å²) in [5.41, 5.74) is 18.6. The maximum absolute atomic E-state index is 8.73. The third-order valence-corrected chi connectivity index (χ3v) is 63.5. The van der Waals surface area contributed by atoms with Crippen molar-refractivity contribution in [2.75, 3.05) is 0 Å². The van der Waals surface area contributed by atoms with E-state index >= 15 is 0 Å². The van der Waals surface area contributed by atoms with Gasteiger partial charge in [0.25, 0.3) is 0 Å². The molecule has 0 nitrogen and oxygen atoms in total. The third kappa shape index (κ3) is 4.99. The van der Waals surface area contributed by atoms with Gasteiger partial charge in [-0.15, -0.1) is 0 Å². The second-order valence-electron chi connectivity index (χ2n) is 15.3. The molecule has 0 radical (unpaired) electrons. The molecule has 2 aliphatic carbocycles. The fraction of sp³-hybridized carbons (Fsp3) is 0.273. The van der Waals surface area contributed by atoms with E-state index in [1.54, 1.807) is 0 Å². The molecule has 0 aliphatic heterocycles. The SMILES string of the molecule is CC1=Cc2c(-c3cccc4ccccc34)ccc(C)c2[CH]1[Zr]([Cl])([Cl])([CH]1C(C(C)C)=Cc2c(-c3c(C)cc(C)cc3C)cccc21)[SiH](C)C. The summed E-state index contributed by atoms with van der Waals surface area (Å²) >= 11 is -4.89. The van der Waals surface area contributed by atoms with Gasteiger partial charge in [0.2, 0.25) is 0 Å². The Labute approximate surface area is 296 Å². The van der Waals surface area contributed by atoms with Gasteiger partial charge in [-0.05, 0) is 0 Å². The van der Waals surface area contributed by atoms with E-state index in [1.807, 2.05) is 0 Å².